The van der Waals surface area contributed by atoms with E-state index < -0.39 is 0 Å². The molecule has 0 spiro atoms. The fraction of sp³-hybridized carbons (Fsp3) is 0.588. The molecule has 3 heteroatoms. The van der Waals surface area contributed by atoms with E-state index in [-0.39, 0.29) is 5.91 Å². The Morgan fingerprint density at radius 1 is 1.05 bits per heavy atom. The van der Waals surface area contributed by atoms with Crippen molar-refractivity contribution in [1.82, 2.24) is 4.90 Å². The molecule has 0 saturated carbocycles. The number of carbonyl (C=O) groups is 1. The van der Waals surface area contributed by atoms with Crippen LogP contribution in [-0.4, -0.2) is 30.4 Å². The molecule has 1 aromatic rings. The Kier molecular flexibility index (Phi) is 6.73. The summed E-state index contributed by atoms with van der Waals surface area (Å²) in [6.07, 6.45) is 2.16. The van der Waals surface area contributed by atoms with Crippen LogP contribution >= 0.6 is 0 Å². The first kappa shape index (κ1) is 16.7. The molecule has 0 aliphatic carbocycles. The molecule has 20 heavy (non-hydrogen) atoms. The van der Waals surface area contributed by atoms with Gasteiger partial charge in [0.05, 0.1) is 6.54 Å². The van der Waals surface area contributed by atoms with Crippen LogP contribution < -0.4 is 5.32 Å². The van der Waals surface area contributed by atoms with E-state index in [9.17, 15) is 4.79 Å². The van der Waals surface area contributed by atoms with E-state index >= 15 is 0 Å². The predicted octanol–water partition coefficient (Wildman–Crippen LogP) is 3.67. The van der Waals surface area contributed by atoms with Crippen LogP contribution in [0.25, 0.3) is 0 Å². The first-order valence-corrected chi connectivity index (χ1v) is 7.58. The van der Waals surface area contributed by atoms with Crippen LogP contribution in [0, 0.1) is 20.8 Å². The van der Waals surface area contributed by atoms with Crippen LogP contribution in [0.4, 0.5) is 5.69 Å². The van der Waals surface area contributed by atoms with E-state index in [1.54, 1.807) is 0 Å². The normalized spacial score (nSPS) is 10.9. The number of nitrogens with one attached hydrogen (secondary N) is 1. The largest absolute Gasteiger partial charge is 0.324 e. The number of benzene rings is 1. The summed E-state index contributed by atoms with van der Waals surface area (Å²) in [5.74, 6) is 0.0851. The number of hydrogen-bond donors (Lipinski definition) is 1. The van der Waals surface area contributed by atoms with Gasteiger partial charge in [0.15, 0.2) is 0 Å². The minimum atomic E-state index is 0.0851. The van der Waals surface area contributed by atoms with Gasteiger partial charge < -0.3 is 5.32 Å². The van der Waals surface area contributed by atoms with Crippen molar-refractivity contribution in [3.63, 3.8) is 0 Å². The molecule has 1 N–H and O–H groups in total. The number of hydrogen-bond acceptors (Lipinski definition) is 2. The van der Waals surface area contributed by atoms with Crippen LogP contribution in [0.1, 0.15) is 43.4 Å². The quantitative estimate of drug-likeness (QED) is 0.824. The predicted molar refractivity (Wildman–Crippen MR) is 86.3 cm³/mol. The van der Waals surface area contributed by atoms with Gasteiger partial charge in [-0.15, -0.1) is 0 Å². The van der Waals surface area contributed by atoms with Crippen molar-refractivity contribution in [2.45, 2.75) is 47.5 Å². The molecule has 0 atom stereocenters. The zero-order valence-electron chi connectivity index (χ0n) is 13.5. The highest BCUT2D eigenvalue weighted by Crippen LogP contribution is 2.21. The smallest absolute Gasteiger partial charge is 0.238 e. The van der Waals surface area contributed by atoms with Crippen molar-refractivity contribution < 1.29 is 4.79 Å². The maximum absolute atomic E-state index is 12.2. The molecule has 0 aromatic heterocycles. The topological polar surface area (TPSA) is 32.3 Å². The second kappa shape index (κ2) is 8.05. The highest BCUT2D eigenvalue weighted by atomic mass is 16.2. The van der Waals surface area contributed by atoms with E-state index in [0.29, 0.717) is 6.54 Å². The third kappa shape index (κ3) is 4.97. The third-order valence-electron chi connectivity index (χ3n) is 3.39. The average Bonchev–Trinajstić information content (AvgIpc) is 2.34. The van der Waals surface area contributed by atoms with Crippen molar-refractivity contribution in [1.29, 1.82) is 0 Å². The van der Waals surface area contributed by atoms with E-state index in [1.165, 1.54) is 5.56 Å². The lowest BCUT2D eigenvalue weighted by molar-refractivity contribution is -0.117. The molecule has 1 rings (SSSR count). The monoisotopic (exact) mass is 276 g/mol. The lowest BCUT2D eigenvalue weighted by atomic mass is 10.1. The van der Waals surface area contributed by atoms with Crippen molar-refractivity contribution in [2.75, 3.05) is 25.0 Å². The van der Waals surface area contributed by atoms with Gasteiger partial charge in [-0.05, 0) is 57.8 Å². The zero-order valence-corrected chi connectivity index (χ0v) is 13.5. The molecule has 0 bridgehead atoms. The van der Waals surface area contributed by atoms with Gasteiger partial charge in [-0.3, -0.25) is 9.69 Å². The van der Waals surface area contributed by atoms with Crippen LogP contribution in [-0.2, 0) is 4.79 Å². The fourth-order valence-corrected chi connectivity index (χ4v) is 2.66. The number of nitrogens with zero attached hydrogens (tertiary/aromatic N) is 1. The molecule has 0 unspecified atom stereocenters. The molecule has 1 amide bonds. The summed E-state index contributed by atoms with van der Waals surface area (Å²) in [4.78, 5) is 14.4. The third-order valence-corrected chi connectivity index (χ3v) is 3.39. The van der Waals surface area contributed by atoms with E-state index in [2.05, 4.69) is 43.1 Å². The first-order chi connectivity index (χ1) is 9.47. The van der Waals surface area contributed by atoms with E-state index in [0.717, 1.165) is 42.7 Å². The fourth-order valence-electron chi connectivity index (χ4n) is 2.66. The number of rotatable bonds is 7. The first-order valence-electron chi connectivity index (χ1n) is 7.58. The molecule has 0 radical (unpaired) electrons. The van der Waals surface area contributed by atoms with Crippen LogP contribution in [0.15, 0.2) is 12.1 Å². The Labute approximate surface area is 123 Å². The molecule has 0 fully saturated rings. The molecule has 3 nitrogen and oxygen atoms in total. The lowest BCUT2D eigenvalue weighted by Crippen LogP contribution is -2.34. The highest BCUT2D eigenvalue weighted by Gasteiger charge is 2.12. The molecular formula is C17H28N2O. The summed E-state index contributed by atoms with van der Waals surface area (Å²) in [6, 6.07) is 4.22. The maximum Gasteiger partial charge on any atom is 0.238 e. The van der Waals surface area contributed by atoms with Gasteiger partial charge in [-0.25, -0.2) is 0 Å². The van der Waals surface area contributed by atoms with Crippen molar-refractivity contribution >= 4 is 11.6 Å². The molecule has 0 aliphatic heterocycles. The summed E-state index contributed by atoms with van der Waals surface area (Å²) in [5, 5.41) is 3.07. The van der Waals surface area contributed by atoms with Crippen LogP contribution in [0.2, 0.25) is 0 Å². The Morgan fingerprint density at radius 3 is 2.00 bits per heavy atom. The molecule has 112 valence electrons. The number of amides is 1. The van der Waals surface area contributed by atoms with Crippen molar-refractivity contribution in [3.8, 4) is 0 Å². The Balaban J connectivity index is 2.70. The van der Waals surface area contributed by atoms with E-state index in [4.69, 9.17) is 0 Å². The summed E-state index contributed by atoms with van der Waals surface area (Å²) in [6.45, 7) is 12.9. The average molecular weight is 276 g/mol. The highest BCUT2D eigenvalue weighted by molar-refractivity contribution is 5.93. The Hall–Kier alpha value is -1.35. The molecular weight excluding hydrogens is 248 g/mol. The van der Waals surface area contributed by atoms with Gasteiger partial charge in [-0.2, -0.15) is 0 Å². The van der Waals surface area contributed by atoms with Gasteiger partial charge in [-0.1, -0.05) is 31.5 Å². The lowest BCUT2D eigenvalue weighted by Gasteiger charge is -2.21. The Morgan fingerprint density at radius 2 is 1.55 bits per heavy atom. The van der Waals surface area contributed by atoms with E-state index in [1.807, 2.05) is 13.8 Å². The molecule has 1 aromatic carbocycles. The number of aryl methyl sites for hydroxylation is 3. The maximum atomic E-state index is 12.2. The molecule has 0 aliphatic rings. The van der Waals surface area contributed by atoms with Gasteiger partial charge >= 0.3 is 0 Å². The van der Waals surface area contributed by atoms with Gasteiger partial charge in [0.1, 0.15) is 0 Å². The molecule has 0 heterocycles. The second-order valence-electron chi connectivity index (χ2n) is 5.60. The minimum Gasteiger partial charge on any atom is -0.324 e. The summed E-state index contributed by atoms with van der Waals surface area (Å²) in [7, 11) is 0. The number of anilines is 1. The summed E-state index contributed by atoms with van der Waals surface area (Å²) in [5.41, 5.74) is 4.46. The Bertz CT molecular complexity index is 425. The number of carbonyl (C=O) groups excluding carboxylic acids is 1. The van der Waals surface area contributed by atoms with Gasteiger partial charge in [0.2, 0.25) is 5.91 Å². The minimum absolute atomic E-state index is 0.0851. The van der Waals surface area contributed by atoms with Crippen LogP contribution in [0.5, 0.6) is 0 Å². The van der Waals surface area contributed by atoms with Gasteiger partial charge in [0, 0.05) is 5.69 Å². The van der Waals surface area contributed by atoms with Crippen molar-refractivity contribution in [3.05, 3.63) is 28.8 Å². The standard InChI is InChI=1S/C17H28N2O/c1-6-8-19(9-7-2)12-16(20)18-17-14(4)10-13(3)11-15(17)5/h10-11H,6-9,12H2,1-5H3,(H,18,20). The van der Waals surface area contributed by atoms with Crippen molar-refractivity contribution in [2.24, 2.45) is 0 Å². The summed E-state index contributed by atoms with van der Waals surface area (Å²) < 4.78 is 0. The van der Waals surface area contributed by atoms with Crippen LogP contribution in [0.3, 0.4) is 0 Å². The SMILES string of the molecule is CCCN(CCC)CC(=O)Nc1c(C)cc(C)cc1C. The van der Waals surface area contributed by atoms with Gasteiger partial charge in [0.25, 0.3) is 0 Å². The second-order valence-corrected chi connectivity index (χ2v) is 5.60. The molecule has 0 saturated heterocycles. The zero-order chi connectivity index (χ0) is 15.1. The summed E-state index contributed by atoms with van der Waals surface area (Å²) >= 11 is 0.